The summed E-state index contributed by atoms with van der Waals surface area (Å²) in [4.78, 5) is 42.9. The molecule has 0 saturated carbocycles. The standard InChI is InChI=1S/C24H19N5O3/c1-28-13-19(26-22(28)17-5-3-2-4-15(17)11-25)14-6-7-18-16(10-14)12-29(24(18)32)20-8-9-21(30)27-23(20)31/h2-7,10,13,20H,8-9,12H2,1H3,(H,27,30,31). The average Bonchev–Trinajstić information content (AvgIpc) is 3.33. The van der Waals surface area contributed by atoms with Gasteiger partial charge in [-0.3, -0.25) is 19.7 Å². The molecule has 1 fully saturated rings. The molecule has 0 aliphatic carbocycles. The Morgan fingerprint density at radius 3 is 2.72 bits per heavy atom. The zero-order valence-corrected chi connectivity index (χ0v) is 17.3. The summed E-state index contributed by atoms with van der Waals surface area (Å²) >= 11 is 0. The van der Waals surface area contributed by atoms with Crippen molar-refractivity contribution in [1.82, 2.24) is 19.8 Å². The molecule has 3 amide bonds. The van der Waals surface area contributed by atoms with Crippen LogP contribution in [0.5, 0.6) is 0 Å². The van der Waals surface area contributed by atoms with Crippen LogP contribution < -0.4 is 5.32 Å². The van der Waals surface area contributed by atoms with Crippen molar-refractivity contribution in [3.05, 3.63) is 65.4 Å². The van der Waals surface area contributed by atoms with Crippen LogP contribution in [0.15, 0.2) is 48.7 Å². The molecule has 8 heteroatoms. The Labute approximate surface area is 184 Å². The predicted molar refractivity (Wildman–Crippen MR) is 115 cm³/mol. The second-order valence-corrected chi connectivity index (χ2v) is 7.99. The first-order valence-corrected chi connectivity index (χ1v) is 10.3. The van der Waals surface area contributed by atoms with Gasteiger partial charge in [-0.15, -0.1) is 0 Å². The smallest absolute Gasteiger partial charge is 0.255 e. The van der Waals surface area contributed by atoms with Crippen molar-refractivity contribution in [2.24, 2.45) is 7.05 Å². The van der Waals surface area contributed by atoms with Gasteiger partial charge in [0, 0.05) is 42.9 Å². The van der Waals surface area contributed by atoms with Crippen molar-refractivity contribution in [1.29, 1.82) is 5.26 Å². The molecular formula is C24H19N5O3. The van der Waals surface area contributed by atoms with Crippen molar-refractivity contribution >= 4 is 17.7 Å². The van der Waals surface area contributed by atoms with Crippen molar-refractivity contribution < 1.29 is 14.4 Å². The van der Waals surface area contributed by atoms with Gasteiger partial charge in [0.15, 0.2) is 0 Å². The van der Waals surface area contributed by atoms with Crippen LogP contribution in [0.25, 0.3) is 22.6 Å². The molecular weight excluding hydrogens is 406 g/mol. The molecule has 3 aromatic rings. The van der Waals surface area contributed by atoms with Crippen LogP contribution in [0.1, 0.15) is 34.3 Å². The molecule has 2 aromatic carbocycles. The third-order valence-corrected chi connectivity index (χ3v) is 5.98. The molecule has 0 bridgehead atoms. The van der Waals surface area contributed by atoms with Crippen molar-refractivity contribution in [3.63, 3.8) is 0 Å². The number of imide groups is 1. The minimum Gasteiger partial charge on any atom is -0.333 e. The lowest BCUT2D eigenvalue weighted by Crippen LogP contribution is -2.52. The highest BCUT2D eigenvalue weighted by Crippen LogP contribution is 2.32. The SMILES string of the molecule is Cn1cc(-c2ccc3c(c2)CN(C2CCC(=O)NC2=O)C3=O)nc1-c1ccccc1C#N. The molecule has 1 atom stereocenters. The fraction of sp³-hybridized carbons (Fsp3) is 0.208. The van der Waals surface area contributed by atoms with E-state index >= 15 is 0 Å². The summed E-state index contributed by atoms with van der Waals surface area (Å²) in [5.41, 5.74) is 4.26. The topological polar surface area (TPSA) is 108 Å². The van der Waals surface area contributed by atoms with E-state index in [0.29, 0.717) is 29.9 Å². The Kier molecular flexibility index (Phi) is 4.59. The van der Waals surface area contributed by atoms with Gasteiger partial charge >= 0.3 is 0 Å². The summed E-state index contributed by atoms with van der Waals surface area (Å²) in [5.74, 6) is -0.251. The number of rotatable bonds is 3. The molecule has 2 aliphatic rings. The van der Waals surface area contributed by atoms with Gasteiger partial charge in [-0.25, -0.2) is 4.98 Å². The summed E-state index contributed by atoms with van der Waals surface area (Å²) < 4.78 is 1.87. The van der Waals surface area contributed by atoms with Gasteiger partial charge in [0.2, 0.25) is 11.8 Å². The van der Waals surface area contributed by atoms with Gasteiger partial charge in [-0.2, -0.15) is 5.26 Å². The maximum absolute atomic E-state index is 12.9. The number of amides is 3. The van der Waals surface area contributed by atoms with Gasteiger partial charge in [0.1, 0.15) is 11.9 Å². The lowest BCUT2D eigenvalue weighted by molar-refractivity contribution is -0.136. The number of aromatic nitrogens is 2. The number of carbonyl (C=O) groups is 3. The second-order valence-electron chi connectivity index (χ2n) is 7.99. The summed E-state index contributed by atoms with van der Waals surface area (Å²) in [6.45, 7) is 0.311. The molecule has 158 valence electrons. The Morgan fingerprint density at radius 2 is 1.94 bits per heavy atom. The van der Waals surface area contributed by atoms with E-state index in [4.69, 9.17) is 4.98 Å². The van der Waals surface area contributed by atoms with E-state index in [2.05, 4.69) is 11.4 Å². The highest BCUT2D eigenvalue weighted by atomic mass is 16.2. The van der Waals surface area contributed by atoms with Gasteiger partial charge in [0.25, 0.3) is 5.91 Å². The third-order valence-electron chi connectivity index (χ3n) is 5.98. The Balaban J connectivity index is 1.46. The molecule has 1 N–H and O–H groups in total. The Morgan fingerprint density at radius 1 is 1.12 bits per heavy atom. The minimum absolute atomic E-state index is 0.203. The van der Waals surface area contributed by atoms with E-state index in [0.717, 1.165) is 22.4 Å². The lowest BCUT2D eigenvalue weighted by atomic mass is 10.0. The molecule has 1 saturated heterocycles. The van der Waals surface area contributed by atoms with Gasteiger partial charge in [-0.1, -0.05) is 18.2 Å². The molecule has 32 heavy (non-hydrogen) atoms. The number of piperidine rings is 1. The molecule has 5 rings (SSSR count). The maximum Gasteiger partial charge on any atom is 0.255 e. The molecule has 3 heterocycles. The monoisotopic (exact) mass is 425 g/mol. The van der Waals surface area contributed by atoms with E-state index in [-0.39, 0.29) is 18.2 Å². The largest absolute Gasteiger partial charge is 0.333 e. The number of nitrogens with zero attached hydrogens (tertiary/aromatic N) is 4. The first-order valence-electron chi connectivity index (χ1n) is 10.3. The number of aryl methyl sites for hydroxylation is 1. The van der Waals surface area contributed by atoms with Crippen LogP contribution in [-0.4, -0.2) is 38.2 Å². The van der Waals surface area contributed by atoms with E-state index in [1.165, 1.54) is 4.90 Å². The van der Waals surface area contributed by atoms with Crippen LogP contribution in [0.4, 0.5) is 0 Å². The van der Waals surface area contributed by atoms with Crippen LogP contribution in [0.3, 0.4) is 0 Å². The van der Waals surface area contributed by atoms with E-state index in [1.54, 1.807) is 12.1 Å². The van der Waals surface area contributed by atoms with E-state index < -0.39 is 11.9 Å². The molecule has 0 radical (unpaired) electrons. The van der Waals surface area contributed by atoms with Gasteiger partial charge in [0.05, 0.1) is 17.3 Å². The minimum atomic E-state index is -0.639. The number of nitriles is 1. The average molecular weight is 425 g/mol. The summed E-state index contributed by atoms with van der Waals surface area (Å²) in [7, 11) is 1.88. The third kappa shape index (κ3) is 3.15. The number of carbonyl (C=O) groups excluding carboxylic acids is 3. The number of fused-ring (bicyclic) bond motifs is 1. The first kappa shape index (κ1) is 19.7. The predicted octanol–water partition coefficient (Wildman–Crippen LogP) is 2.39. The number of nitrogens with one attached hydrogen (secondary N) is 1. The molecule has 1 unspecified atom stereocenters. The van der Waals surface area contributed by atoms with Crippen LogP contribution in [-0.2, 0) is 23.2 Å². The zero-order valence-electron chi connectivity index (χ0n) is 17.3. The highest BCUT2D eigenvalue weighted by Gasteiger charge is 2.39. The summed E-state index contributed by atoms with van der Waals surface area (Å²) in [6.07, 6.45) is 2.45. The van der Waals surface area contributed by atoms with Crippen LogP contribution >= 0.6 is 0 Å². The number of benzene rings is 2. The van der Waals surface area contributed by atoms with Crippen LogP contribution in [0, 0.1) is 11.3 Å². The van der Waals surface area contributed by atoms with Gasteiger partial charge < -0.3 is 9.47 Å². The molecule has 0 spiro atoms. The molecule has 8 nitrogen and oxygen atoms in total. The Bertz CT molecular complexity index is 1330. The van der Waals surface area contributed by atoms with Gasteiger partial charge in [-0.05, 0) is 36.2 Å². The lowest BCUT2D eigenvalue weighted by Gasteiger charge is -2.29. The van der Waals surface area contributed by atoms with E-state index in [1.807, 2.05) is 48.1 Å². The maximum atomic E-state index is 12.9. The summed E-state index contributed by atoms with van der Waals surface area (Å²) in [5, 5.41) is 11.7. The Hall–Kier alpha value is -4.25. The van der Waals surface area contributed by atoms with Crippen molar-refractivity contribution in [3.8, 4) is 28.7 Å². The molecule has 2 aliphatic heterocycles. The normalized spacial score (nSPS) is 17.8. The number of hydrogen-bond donors (Lipinski definition) is 1. The second kappa shape index (κ2) is 7.46. The van der Waals surface area contributed by atoms with Crippen molar-refractivity contribution in [2.45, 2.75) is 25.4 Å². The van der Waals surface area contributed by atoms with Crippen molar-refractivity contribution in [2.75, 3.05) is 0 Å². The highest BCUT2D eigenvalue weighted by molar-refractivity contribution is 6.05. The fourth-order valence-electron chi connectivity index (χ4n) is 4.37. The zero-order chi connectivity index (χ0) is 22.4. The summed E-state index contributed by atoms with van der Waals surface area (Å²) in [6, 6.07) is 14.4. The van der Waals surface area contributed by atoms with Crippen LogP contribution in [0.2, 0.25) is 0 Å². The van der Waals surface area contributed by atoms with E-state index in [9.17, 15) is 19.6 Å². The number of imidazole rings is 1. The molecule has 1 aromatic heterocycles. The fourth-order valence-corrected chi connectivity index (χ4v) is 4.37. The first-order chi connectivity index (χ1) is 15.5. The quantitative estimate of drug-likeness (QED) is 0.648. The number of hydrogen-bond acceptors (Lipinski definition) is 5.